The molecule has 0 unspecified atom stereocenters. The Balaban J connectivity index is 1.73. The molecule has 2 aromatic rings. The first-order valence-electron chi connectivity index (χ1n) is 7.80. The van der Waals surface area contributed by atoms with Gasteiger partial charge in [0, 0.05) is 48.9 Å². The van der Waals surface area contributed by atoms with E-state index < -0.39 is 0 Å². The quantitative estimate of drug-likeness (QED) is 0.850. The van der Waals surface area contributed by atoms with E-state index in [-0.39, 0.29) is 5.91 Å². The van der Waals surface area contributed by atoms with Crippen LogP contribution < -0.4 is 14.4 Å². The molecule has 0 N–H and O–H groups in total. The zero-order chi connectivity index (χ0) is 17.1. The van der Waals surface area contributed by atoms with E-state index in [4.69, 9.17) is 9.47 Å². The van der Waals surface area contributed by atoms with Crippen molar-refractivity contribution in [3.05, 3.63) is 34.8 Å². The van der Waals surface area contributed by atoms with Crippen molar-refractivity contribution in [3.8, 4) is 11.5 Å². The van der Waals surface area contributed by atoms with Crippen LogP contribution in [0.2, 0.25) is 0 Å². The summed E-state index contributed by atoms with van der Waals surface area (Å²) in [6, 6.07) is 3.57. The van der Waals surface area contributed by atoms with E-state index in [2.05, 4.69) is 9.88 Å². The van der Waals surface area contributed by atoms with E-state index in [0.29, 0.717) is 30.2 Å². The van der Waals surface area contributed by atoms with E-state index in [0.717, 1.165) is 23.8 Å². The number of benzene rings is 1. The molecule has 3 rings (SSSR count). The lowest BCUT2D eigenvalue weighted by Gasteiger charge is -2.34. The highest BCUT2D eigenvalue weighted by Crippen LogP contribution is 2.30. The van der Waals surface area contributed by atoms with Gasteiger partial charge in [-0.15, -0.1) is 11.3 Å². The molecule has 0 spiro atoms. The van der Waals surface area contributed by atoms with Gasteiger partial charge in [0.1, 0.15) is 11.5 Å². The van der Waals surface area contributed by atoms with Gasteiger partial charge in [0.25, 0.3) is 5.91 Å². The lowest BCUT2D eigenvalue weighted by molar-refractivity contribution is 0.0746. The number of carbonyl (C=O) groups excluding carboxylic acids is 1. The predicted octanol–water partition coefficient (Wildman–Crippen LogP) is 2.43. The minimum atomic E-state index is 0.00499. The molecule has 1 aromatic carbocycles. The highest BCUT2D eigenvalue weighted by Gasteiger charge is 2.24. The van der Waals surface area contributed by atoms with E-state index in [1.54, 1.807) is 37.7 Å². The maximum atomic E-state index is 12.8. The van der Waals surface area contributed by atoms with E-state index in [1.807, 2.05) is 23.4 Å². The molecule has 1 fully saturated rings. The van der Waals surface area contributed by atoms with Crippen LogP contribution in [0.5, 0.6) is 11.5 Å². The average Bonchev–Trinajstić information content (AvgIpc) is 3.16. The number of hydrogen-bond acceptors (Lipinski definition) is 6. The first-order valence-corrected chi connectivity index (χ1v) is 8.68. The topological polar surface area (TPSA) is 54.9 Å². The number of methoxy groups -OCH3 is 2. The van der Waals surface area contributed by atoms with Crippen LogP contribution in [0.25, 0.3) is 0 Å². The van der Waals surface area contributed by atoms with Gasteiger partial charge in [0.2, 0.25) is 0 Å². The van der Waals surface area contributed by atoms with Crippen LogP contribution in [-0.4, -0.2) is 56.2 Å². The second-order valence-corrected chi connectivity index (χ2v) is 6.47. The van der Waals surface area contributed by atoms with E-state index in [1.165, 1.54) is 0 Å². The third kappa shape index (κ3) is 3.17. The van der Waals surface area contributed by atoms with Crippen molar-refractivity contribution in [1.82, 2.24) is 9.88 Å². The van der Waals surface area contributed by atoms with Gasteiger partial charge in [-0.3, -0.25) is 4.79 Å². The maximum absolute atomic E-state index is 12.8. The summed E-state index contributed by atoms with van der Waals surface area (Å²) in [7, 11) is 3.20. The first kappa shape index (κ1) is 16.6. The van der Waals surface area contributed by atoms with Gasteiger partial charge < -0.3 is 19.3 Å². The standard InChI is InChI=1S/C17H21N3O3S/c1-12-14(22-2)10-13(11-15(12)23-3)16(21)19-5-7-20(8-6-19)17-18-4-9-24-17/h4,9-11H,5-8H2,1-3H3. The van der Waals surface area contributed by atoms with Crippen molar-refractivity contribution in [2.45, 2.75) is 6.92 Å². The van der Waals surface area contributed by atoms with Crippen LogP contribution in [0.4, 0.5) is 5.13 Å². The lowest BCUT2D eigenvalue weighted by atomic mass is 10.1. The fraction of sp³-hybridized carbons (Fsp3) is 0.412. The van der Waals surface area contributed by atoms with Gasteiger partial charge >= 0.3 is 0 Å². The van der Waals surface area contributed by atoms with Crippen LogP contribution in [0.15, 0.2) is 23.7 Å². The van der Waals surface area contributed by atoms with Crippen LogP contribution in [0.1, 0.15) is 15.9 Å². The first-order chi connectivity index (χ1) is 11.6. The smallest absolute Gasteiger partial charge is 0.254 e. The third-order valence-corrected chi connectivity index (χ3v) is 5.09. The van der Waals surface area contributed by atoms with Crippen molar-refractivity contribution >= 4 is 22.4 Å². The van der Waals surface area contributed by atoms with E-state index >= 15 is 0 Å². The summed E-state index contributed by atoms with van der Waals surface area (Å²) in [5, 5.41) is 2.98. The molecule has 1 amide bonds. The number of anilines is 1. The molecular formula is C17H21N3O3S. The molecule has 128 valence electrons. The Bertz CT molecular complexity index is 685. The molecule has 0 atom stereocenters. The molecule has 1 saturated heterocycles. The Morgan fingerprint density at radius 1 is 1.12 bits per heavy atom. The molecular weight excluding hydrogens is 326 g/mol. The van der Waals surface area contributed by atoms with Gasteiger partial charge in [-0.2, -0.15) is 0 Å². The minimum absolute atomic E-state index is 0.00499. The number of aromatic nitrogens is 1. The number of ether oxygens (including phenoxy) is 2. The summed E-state index contributed by atoms with van der Waals surface area (Å²) in [5.74, 6) is 1.34. The Kier molecular flexibility index (Phi) is 4.89. The molecule has 0 bridgehead atoms. The molecule has 0 aliphatic carbocycles. The summed E-state index contributed by atoms with van der Waals surface area (Å²) in [6.45, 7) is 4.85. The predicted molar refractivity (Wildman–Crippen MR) is 94.5 cm³/mol. The molecule has 6 nitrogen and oxygen atoms in total. The summed E-state index contributed by atoms with van der Waals surface area (Å²) >= 11 is 1.63. The van der Waals surface area contributed by atoms with Gasteiger partial charge in [-0.05, 0) is 19.1 Å². The van der Waals surface area contributed by atoms with Crippen LogP contribution in [0.3, 0.4) is 0 Å². The number of rotatable bonds is 4. The van der Waals surface area contributed by atoms with Crippen LogP contribution in [0, 0.1) is 6.92 Å². The zero-order valence-corrected chi connectivity index (χ0v) is 14.9. The molecule has 7 heteroatoms. The maximum Gasteiger partial charge on any atom is 0.254 e. The lowest BCUT2D eigenvalue weighted by Crippen LogP contribution is -2.48. The number of amides is 1. The second kappa shape index (κ2) is 7.09. The summed E-state index contributed by atoms with van der Waals surface area (Å²) in [6.07, 6.45) is 1.81. The fourth-order valence-corrected chi connectivity index (χ4v) is 3.56. The van der Waals surface area contributed by atoms with Crippen molar-refractivity contribution in [2.75, 3.05) is 45.3 Å². The minimum Gasteiger partial charge on any atom is -0.496 e. The monoisotopic (exact) mass is 347 g/mol. The molecule has 1 aliphatic heterocycles. The van der Waals surface area contributed by atoms with E-state index in [9.17, 15) is 4.79 Å². The Labute approximate surface area is 145 Å². The largest absolute Gasteiger partial charge is 0.496 e. The number of piperazine rings is 1. The Morgan fingerprint density at radius 3 is 2.25 bits per heavy atom. The van der Waals surface area contributed by atoms with Gasteiger partial charge in [-0.25, -0.2) is 4.98 Å². The Morgan fingerprint density at radius 2 is 1.75 bits per heavy atom. The fourth-order valence-electron chi connectivity index (χ4n) is 2.87. The highest BCUT2D eigenvalue weighted by atomic mass is 32.1. The van der Waals surface area contributed by atoms with Crippen LogP contribution in [-0.2, 0) is 0 Å². The summed E-state index contributed by atoms with van der Waals surface area (Å²) in [4.78, 5) is 21.2. The highest BCUT2D eigenvalue weighted by molar-refractivity contribution is 7.13. The second-order valence-electron chi connectivity index (χ2n) is 5.60. The SMILES string of the molecule is COc1cc(C(=O)N2CCN(c3nccs3)CC2)cc(OC)c1C. The normalized spacial score (nSPS) is 14.6. The van der Waals surface area contributed by atoms with Gasteiger partial charge in [0.05, 0.1) is 14.2 Å². The number of carbonyl (C=O) groups is 1. The average molecular weight is 347 g/mol. The molecule has 24 heavy (non-hydrogen) atoms. The number of nitrogens with zero attached hydrogens (tertiary/aromatic N) is 3. The molecule has 1 aliphatic rings. The molecule has 0 radical (unpaired) electrons. The van der Waals surface area contributed by atoms with Gasteiger partial charge in [0.15, 0.2) is 5.13 Å². The Hall–Kier alpha value is -2.28. The van der Waals surface area contributed by atoms with Crippen molar-refractivity contribution in [1.29, 1.82) is 0 Å². The molecule has 2 heterocycles. The van der Waals surface area contributed by atoms with Crippen molar-refractivity contribution in [2.24, 2.45) is 0 Å². The third-order valence-electron chi connectivity index (χ3n) is 4.26. The number of thiazole rings is 1. The van der Waals surface area contributed by atoms with Crippen LogP contribution >= 0.6 is 11.3 Å². The van der Waals surface area contributed by atoms with Crippen molar-refractivity contribution in [3.63, 3.8) is 0 Å². The van der Waals surface area contributed by atoms with Gasteiger partial charge in [-0.1, -0.05) is 0 Å². The van der Waals surface area contributed by atoms with Crippen molar-refractivity contribution < 1.29 is 14.3 Å². The summed E-state index contributed by atoms with van der Waals surface area (Å²) < 4.78 is 10.7. The molecule has 1 aromatic heterocycles. The molecule has 0 saturated carbocycles. The zero-order valence-electron chi connectivity index (χ0n) is 14.1. The number of hydrogen-bond donors (Lipinski definition) is 0. The summed E-state index contributed by atoms with van der Waals surface area (Å²) in [5.41, 5.74) is 1.49.